The van der Waals surface area contributed by atoms with Gasteiger partial charge in [0.15, 0.2) is 0 Å². The highest BCUT2D eigenvalue weighted by molar-refractivity contribution is 6.03. The lowest BCUT2D eigenvalue weighted by Gasteiger charge is -2.32. The molecule has 0 bridgehead atoms. The molecule has 9 heteroatoms. The number of morpholine rings is 1. The minimum atomic E-state index is -4.88. The topological polar surface area (TPSA) is 72.2 Å². The van der Waals surface area contributed by atoms with Gasteiger partial charge in [0.25, 0.3) is 0 Å². The first-order valence-electron chi connectivity index (χ1n) is 7.49. The molecular weight excluding hydrogens is 315 g/mol. The van der Waals surface area contributed by atoms with Crippen LogP contribution in [0.25, 0.3) is 0 Å². The van der Waals surface area contributed by atoms with Crippen LogP contribution in [0.3, 0.4) is 0 Å². The van der Waals surface area contributed by atoms with Crippen molar-refractivity contribution in [3.05, 3.63) is 0 Å². The Morgan fingerprint density at radius 2 is 1.83 bits per heavy atom. The van der Waals surface area contributed by atoms with Gasteiger partial charge in [0.2, 0.25) is 11.7 Å². The normalized spacial score (nSPS) is 26.0. The van der Waals surface area contributed by atoms with E-state index in [2.05, 4.69) is 10.5 Å². The van der Waals surface area contributed by atoms with Crippen molar-refractivity contribution < 1.29 is 32.4 Å². The fourth-order valence-corrected chi connectivity index (χ4v) is 2.47. The van der Waals surface area contributed by atoms with Crippen LogP contribution in [0, 0.1) is 0 Å². The van der Waals surface area contributed by atoms with E-state index in [9.17, 15) is 22.8 Å². The molecule has 1 fully saturated rings. The van der Waals surface area contributed by atoms with E-state index in [1.54, 1.807) is 0 Å². The number of alkyl halides is 3. The molecule has 1 aliphatic heterocycles. The summed E-state index contributed by atoms with van der Waals surface area (Å²) in [4.78, 5) is 23.7. The highest BCUT2D eigenvalue weighted by Crippen LogP contribution is 2.17. The van der Waals surface area contributed by atoms with Crippen LogP contribution in [0.5, 0.6) is 0 Å². The molecule has 2 N–H and O–H groups in total. The van der Waals surface area contributed by atoms with E-state index in [1.165, 1.54) is 11.8 Å². The summed E-state index contributed by atoms with van der Waals surface area (Å²) in [5.74, 6) is -2.27. The molecule has 0 spiro atoms. The van der Waals surface area contributed by atoms with E-state index in [1.807, 2.05) is 13.8 Å². The maximum absolute atomic E-state index is 12.1. The Bertz CT molecular complexity index is 456. The zero-order valence-electron chi connectivity index (χ0n) is 13.5. The molecule has 1 amide bonds. The Morgan fingerprint density at radius 1 is 1.26 bits per heavy atom. The molecule has 3 atom stereocenters. The lowest BCUT2D eigenvalue weighted by molar-refractivity contribution is -0.914. The second-order valence-electron chi connectivity index (χ2n) is 5.90. The third kappa shape index (κ3) is 7.56. The quantitative estimate of drug-likeness (QED) is 0.532. The van der Waals surface area contributed by atoms with Gasteiger partial charge in [0, 0.05) is 5.71 Å². The number of hydrogen-bond acceptors (Lipinski definition) is 4. The molecule has 0 aliphatic carbocycles. The molecule has 0 aromatic rings. The van der Waals surface area contributed by atoms with Gasteiger partial charge in [-0.15, -0.1) is 0 Å². The number of halogens is 3. The largest absolute Gasteiger partial charge is 0.450 e. The number of ether oxygens (including phenoxy) is 1. The summed E-state index contributed by atoms with van der Waals surface area (Å²) in [6.45, 7) is 7.42. The number of carbonyl (C=O) groups excluding carboxylic acids is 2. The van der Waals surface area contributed by atoms with Crippen LogP contribution in [0.4, 0.5) is 13.2 Å². The first kappa shape index (κ1) is 19.6. The van der Waals surface area contributed by atoms with E-state index in [-0.39, 0.29) is 30.2 Å². The first-order chi connectivity index (χ1) is 10.6. The molecule has 1 heterocycles. The number of quaternary nitrogens is 1. The summed E-state index contributed by atoms with van der Waals surface area (Å²) < 4.78 is 41.9. The maximum Gasteiger partial charge on any atom is 0.450 e. The molecule has 23 heavy (non-hydrogen) atoms. The zero-order valence-corrected chi connectivity index (χ0v) is 13.5. The van der Waals surface area contributed by atoms with E-state index in [4.69, 9.17) is 4.74 Å². The van der Waals surface area contributed by atoms with Crippen molar-refractivity contribution in [1.29, 1.82) is 0 Å². The number of Topliss-reactive ketones (excluding diaryl/α,β-unsaturated/α-hetero) is 1. The van der Waals surface area contributed by atoms with Crippen molar-refractivity contribution in [3.63, 3.8) is 0 Å². The molecule has 0 radical (unpaired) electrons. The van der Waals surface area contributed by atoms with Gasteiger partial charge in [0.1, 0.15) is 25.3 Å². The lowest BCUT2D eigenvalue weighted by Crippen LogP contribution is -3.15. The fraction of sp³-hybridized carbons (Fsp3) is 0.786. The average Bonchev–Trinajstić information content (AvgIpc) is 2.40. The van der Waals surface area contributed by atoms with Gasteiger partial charge < -0.3 is 9.64 Å². The molecule has 1 unspecified atom stereocenters. The number of rotatable bonds is 6. The first-order valence-corrected chi connectivity index (χ1v) is 7.49. The van der Waals surface area contributed by atoms with Crippen molar-refractivity contribution in [2.24, 2.45) is 5.10 Å². The van der Waals surface area contributed by atoms with Crippen molar-refractivity contribution in [2.45, 2.75) is 52.0 Å². The van der Waals surface area contributed by atoms with Crippen LogP contribution in [0.2, 0.25) is 0 Å². The number of nitrogens with one attached hydrogen (secondary N) is 2. The number of carbonyl (C=O) groups is 2. The van der Waals surface area contributed by atoms with Gasteiger partial charge in [-0.1, -0.05) is 0 Å². The van der Waals surface area contributed by atoms with Crippen LogP contribution in [-0.2, 0) is 14.3 Å². The van der Waals surface area contributed by atoms with E-state index in [0.29, 0.717) is 6.54 Å². The lowest BCUT2D eigenvalue weighted by atomic mass is 10.2. The molecule has 132 valence electrons. The van der Waals surface area contributed by atoms with Gasteiger partial charge in [-0.3, -0.25) is 9.59 Å². The summed E-state index contributed by atoms with van der Waals surface area (Å²) in [7, 11) is 0. The van der Waals surface area contributed by atoms with Gasteiger partial charge >= 0.3 is 6.18 Å². The van der Waals surface area contributed by atoms with Gasteiger partial charge in [0.05, 0.1) is 19.4 Å². The maximum atomic E-state index is 12.1. The second-order valence-corrected chi connectivity index (χ2v) is 5.90. The summed E-state index contributed by atoms with van der Waals surface area (Å²) >= 11 is 0. The average molecular weight is 338 g/mol. The van der Waals surface area contributed by atoms with Crippen LogP contribution in [-0.4, -0.2) is 55.4 Å². The van der Waals surface area contributed by atoms with E-state index in [0.717, 1.165) is 13.1 Å². The van der Waals surface area contributed by atoms with Gasteiger partial charge in [-0.05, 0) is 20.8 Å². The molecular formula is C14H23F3N3O3+. The summed E-state index contributed by atoms with van der Waals surface area (Å²) in [5, 5.41) is 3.53. The van der Waals surface area contributed by atoms with E-state index < -0.39 is 18.4 Å². The zero-order chi connectivity index (χ0) is 17.6. The van der Waals surface area contributed by atoms with Crippen molar-refractivity contribution >= 4 is 17.4 Å². The van der Waals surface area contributed by atoms with Gasteiger partial charge in [-0.25, -0.2) is 5.43 Å². The highest BCUT2D eigenvalue weighted by atomic mass is 19.4. The third-order valence-corrected chi connectivity index (χ3v) is 3.43. The molecule has 0 aromatic heterocycles. The molecule has 0 saturated carbocycles. The predicted molar refractivity (Wildman–Crippen MR) is 77.1 cm³/mol. The van der Waals surface area contributed by atoms with Crippen molar-refractivity contribution in [2.75, 3.05) is 19.6 Å². The highest BCUT2D eigenvalue weighted by Gasteiger charge is 2.38. The van der Waals surface area contributed by atoms with Crippen LogP contribution >= 0.6 is 0 Å². The van der Waals surface area contributed by atoms with Crippen molar-refractivity contribution in [3.8, 4) is 0 Å². The summed E-state index contributed by atoms with van der Waals surface area (Å²) in [5.41, 5.74) is 2.10. The number of ketones is 1. The standard InChI is InChI=1S/C14H22F3N3O3/c1-9(6-12(21)14(15,16)17)18-19-13(22)4-5-20-7-10(2)23-11(3)8-20/h10-11H,4-8H2,1-3H3,(H,19,22)/p+1/b18-9-/t10-,11+. The number of hydrazone groups is 1. The smallest absolute Gasteiger partial charge is 0.364 e. The number of amides is 1. The Balaban J connectivity index is 2.33. The molecule has 6 nitrogen and oxygen atoms in total. The van der Waals surface area contributed by atoms with Crippen LogP contribution in [0.15, 0.2) is 5.10 Å². The Morgan fingerprint density at radius 3 is 2.35 bits per heavy atom. The predicted octanol–water partition coefficient (Wildman–Crippen LogP) is 0.0822. The minimum Gasteiger partial charge on any atom is -0.364 e. The Hall–Kier alpha value is -1.48. The molecule has 1 rings (SSSR count). The van der Waals surface area contributed by atoms with Crippen LogP contribution < -0.4 is 10.3 Å². The molecule has 1 aliphatic rings. The molecule has 1 saturated heterocycles. The molecule has 0 aromatic carbocycles. The second kappa shape index (κ2) is 8.39. The van der Waals surface area contributed by atoms with Crippen molar-refractivity contribution in [1.82, 2.24) is 5.43 Å². The minimum absolute atomic E-state index is 0.0818. The number of hydrogen-bond donors (Lipinski definition) is 2. The Kier molecular flexibility index (Phi) is 7.14. The van der Waals surface area contributed by atoms with E-state index >= 15 is 0 Å². The van der Waals surface area contributed by atoms with Crippen LogP contribution in [0.1, 0.15) is 33.6 Å². The SMILES string of the molecule is C/C(CC(=O)C(F)(F)F)=N/NC(=O)CC[NH+]1C[C@@H](C)O[C@@H](C)C1. The van der Waals surface area contributed by atoms with Gasteiger partial charge in [-0.2, -0.15) is 18.3 Å². The fourth-order valence-electron chi connectivity index (χ4n) is 2.47. The number of nitrogens with zero attached hydrogens (tertiary/aromatic N) is 1. The summed E-state index contributed by atoms with van der Waals surface area (Å²) in [6.07, 6.45) is -5.27. The monoisotopic (exact) mass is 338 g/mol. The summed E-state index contributed by atoms with van der Waals surface area (Å²) in [6, 6.07) is 0. The third-order valence-electron chi connectivity index (χ3n) is 3.43. The Labute approximate surface area is 133 Å².